The van der Waals surface area contributed by atoms with Crippen LogP contribution in [0.15, 0.2) is 12.2 Å². The number of unbranched alkanes of at least 4 members (excludes halogenated alkanes) is 4. The average molecular weight is 312 g/mol. The molecule has 0 aliphatic heterocycles. The molecule has 0 aromatic carbocycles. The first-order chi connectivity index (χ1) is 10.5. The number of rotatable bonds is 13. The molecule has 0 saturated carbocycles. The third-order valence-corrected chi connectivity index (χ3v) is 3.95. The van der Waals surface area contributed by atoms with Gasteiger partial charge in [-0.3, -0.25) is 0 Å². The molecule has 1 N–H and O–H groups in total. The summed E-state index contributed by atoms with van der Waals surface area (Å²) in [6.45, 7) is 6.45. The average Bonchev–Trinajstić information content (AvgIpc) is 2.49. The van der Waals surface area contributed by atoms with E-state index in [4.69, 9.17) is 9.84 Å². The van der Waals surface area contributed by atoms with Crippen LogP contribution < -0.4 is 0 Å². The zero-order valence-electron chi connectivity index (χ0n) is 14.3. The highest BCUT2D eigenvalue weighted by molar-refractivity contribution is 5.90. The molecular formula is C18H32O4. The van der Waals surface area contributed by atoms with Crippen molar-refractivity contribution >= 4 is 11.9 Å². The molecule has 0 radical (unpaired) electrons. The molecule has 0 rings (SSSR count). The minimum atomic E-state index is -1.13. The maximum absolute atomic E-state index is 11.8. The second-order valence-electron chi connectivity index (χ2n) is 5.81. The molecule has 4 heteroatoms. The van der Waals surface area contributed by atoms with E-state index in [2.05, 4.69) is 20.8 Å². The van der Waals surface area contributed by atoms with E-state index in [0.717, 1.165) is 57.1 Å². The van der Waals surface area contributed by atoms with Crippen molar-refractivity contribution in [1.29, 1.82) is 0 Å². The first-order valence-electron chi connectivity index (χ1n) is 8.66. The summed E-state index contributed by atoms with van der Waals surface area (Å²) < 4.78 is 5.54. The SMILES string of the molecule is CCCCCCC(OC(=O)/C=C\C(=O)O)C(CC)CCCC. The summed E-state index contributed by atoms with van der Waals surface area (Å²) in [5.74, 6) is -1.31. The molecule has 0 spiro atoms. The number of carboxylic acids is 1. The predicted molar refractivity (Wildman–Crippen MR) is 88.7 cm³/mol. The molecule has 2 atom stereocenters. The van der Waals surface area contributed by atoms with Crippen LogP contribution in [0, 0.1) is 5.92 Å². The fourth-order valence-electron chi connectivity index (χ4n) is 2.61. The van der Waals surface area contributed by atoms with Crippen molar-refractivity contribution in [3.8, 4) is 0 Å². The van der Waals surface area contributed by atoms with Gasteiger partial charge in [0.15, 0.2) is 0 Å². The largest absolute Gasteiger partial charge is 0.478 e. The van der Waals surface area contributed by atoms with Gasteiger partial charge in [-0.25, -0.2) is 9.59 Å². The van der Waals surface area contributed by atoms with Gasteiger partial charge in [-0.2, -0.15) is 0 Å². The van der Waals surface area contributed by atoms with Gasteiger partial charge >= 0.3 is 11.9 Å². The fraction of sp³-hybridized carbons (Fsp3) is 0.778. The molecule has 0 saturated heterocycles. The Balaban J connectivity index is 4.60. The Morgan fingerprint density at radius 3 is 2.18 bits per heavy atom. The Bertz CT molecular complexity index is 336. The quantitative estimate of drug-likeness (QED) is 0.303. The van der Waals surface area contributed by atoms with Crippen molar-refractivity contribution in [3.05, 3.63) is 12.2 Å². The molecular weight excluding hydrogens is 280 g/mol. The highest BCUT2D eigenvalue weighted by Crippen LogP contribution is 2.24. The number of ether oxygens (including phenoxy) is 1. The van der Waals surface area contributed by atoms with Crippen LogP contribution in [0.5, 0.6) is 0 Å². The van der Waals surface area contributed by atoms with Gasteiger partial charge in [0, 0.05) is 12.2 Å². The van der Waals surface area contributed by atoms with Gasteiger partial charge in [-0.1, -0.05) is 52.9 Å². The number of carbonyl (C=O) groups excluding carboxylic acids is 1. The minimum Gasteiger partial charge on any atom is -0.478 e. The number of hydrogen-bond acceptors (Lipinski definition) is 3. The van der Waals surface area contributed by atoms with Crippen LogP contribution in [0.2, 0.25) is 0 Å². The molecule has 128 valence electrons. The van der Waals surface area contributed by atoms with Crippen LogP contribution in [0.4, 0.5) is 0 Å². The molecule has 0 heterocycles. The monoisotopic (exact) mass is 312 g/mol. The first kappa shape index (κ1) is 20.7. The third-order valence-electron chi connectivity index (χ3n) is 3.95. The number of carbonyl (C=O) groups is 2. The van der Waals surface area contributed by atoms with Crippen molar-refractivity contribution in [2.45, 2.75) is 84.7 Å². The lowest BCUT2D eigenvalue weighted by Crippen LogP contribution is -2.26. The Hall–Kier alpha value is -1.32. The smallest absolute Gasteiger partial charge is 0.331 e. The third kappa shape index (κ3) is 10.4. The van der Waals surface area contributed by atoms with E-state index in [9.17, 15) is 9.59 Å². The second-order valence-corrected chi connectivity index (χ2v) is 5.81. The van der Waals surface area contributed by atoms with E-state index in [-0.39, 0.29) is 6.10 Å². The number of aliphatic carboxylic acids is 1. The van der Waals surface area contributed by atoms with Crippen LogP contribution in [-0.2, 0) is 14.3 Å². The highest BCUT2D eigenvalue weighted by Gasteiger charge is 2.22. The molecule has 0 aromatic heterocycles. The molecule has 0 aromatic rings. The van der Waals surface area contributed by atoms with Crippen LogP contribution >= 0.6 is 0 Å². The van der Waals surface area contributed by atoms with Gasteiger partial charge in [0.25, 0.3) is 0 Å². The molecule has 0 bridgehead atoms. The van der Waals surface area contributed by atoms with E-state index in [1.165, 1.54) is 12.8 Å². The maximum atomic E-state index is 11.8. The lowest BCUT2D eigenvalue weighted by Gasteiger charge is -2.26. The van der Waals surface area contributed by atoms with Crippen LogP contribution in [0.1, 0.15) is 78.6 Å². The zero-order chi connectivity index (χ0) is 16.8. The summed E-state index contributed by atoms with van der Waals surface area (Å²) in [4.78, 5) is 22.2. The Kier molecular flexibility index (Phi) is 12.5. The van der Waals surface area contributed by atoms with Gasteiger partial charge in [-0.05, 0) is 31.6 Å². The second kappa shape index (κ2) is 13.4. The van der Waals surface area contributed by atoms with E-state index in [1.807, 2.05) is 0 Å². The van der Waals surface area contributed by atoms with Crippen molar-refractivity contribution in [1.82, 2.24) is 0 Å². The van der Waals surface area contributed by atoms with E-state index < -0.39 is 11.9 Å². The molecule has 0 amide bonds. The Morgan fingerprint density at radius 1 is 0.955 bits per heavy atom. The van der Waals surface area contributed by atoms with Gasteiger partial charge in [0.1, 0.15) is 6.10 Å². The van der Waals surface area contributed by atoms with Gasteiger partial charge in [-0.15, -0.1) is 0 Å². The number of carboxylic acid groups (broad SMARTS) is 1. The standard InChI is InChI=1S/C18H32O4/c1-4-7-9-10-12-16(15(6-3)11-8-5-2)22-18(21)14-13-17(19)20/h13-16H,4-12H2,1-3H3,(H,19,20)/b14-13-. The predicted octanol–water partition coefficient (Wildman–Crippen LogP) is 4.73. The summed E-state index contributed by atoms with van der Waals surface area (Å²) in [5.41, 5.74) is 0. The van der Waals surface area contributed by atoms with Crippen molar-refractivity contribution in [3.63, 3.8) is 0 Å². The molecule has 22 heavy (non-hydrogen) atoms. The molecule has 4 nitrogen and oxygen atoms in total. The molecule has 2 unspecified atom stereocenters. The molecule has 0 aliphatic carbocycles. The van der Waals surface area contributed by atoms with Crippen molar-refractivity contribution < 1.29 is 19.4 Å². The van der Waals surface area contributed by atoms with E-state index in [0.29, 0.717) is 5.92 Å². The van der Waals surface area contributed by atoms with Gasteiger partial charge < -0.3 is 9.84 Å². The Labute approximate surface area is 134 Å². The van der Waals surface area contributed by atoms with Gasteiger partial charge in [0.05, 0.1) is 0 Å². The summed E-state index contributed by atoms with van der Waals surface area (Å²) in [5, 5.41) is 8.57. The molecule has 0 aliphatic rings. The van der Waals surface area contributed by atoms with Gasteiger partial charge in [0.2, 0.25) is 0 Å². The summed E-state index contributed by atoms with van der Waals surface area (Å²) in [6, 6.07) is 0. The summed E-state index contributed by atoms with van der Waals surface area (Å²) in [6.07, 6.45) is 11.5. The highest BCUT2D eigenvalue weighted by atomic mass is 16.5. The fourth-order valence-corrected chi connectivity index (χ4v) is 2.61. The number of hydrogen-bond donors (Lipinski definition) is 1. The van der Waals surface area contributed by atoms with Crippen molar-refractivity contribution in [2.75, 3.05) is 0 Å². The summed E-state index contributed by atoms with van der Waals surface area (Å²) in [7, 11) is 0. The lowest BCUT2D eigenvalue weighted by molar-refractivity contribution is -0.147. The zero-order valence-corrected chi connectivity index (χ0v) is 14.3. The first-order valence-corrected chi connectivity index (χ1v) is 8.66. The number of esters is 1. The van der Waals surface area contributed by atoms with Crippen LogP contribution in [-0.4, -0.2) is 23.1 Å². The lowest BCUT2D eigenvalue weighted by atomic mass is 9.90. The maximum Gasteiger partial charge on any atom is 0.331 e. The topological polar surface area (TPSA) is 63.6 Å². The van der Waals surface area contributed by atoms with Crippen LogP contribution in [0.3, 0.4) is 0 Å². The Morgan fingerprint density at radius 2 is 1.64 bits per heavy atom. The minimum absolute atomic E-state index is 0.0978. The van der Waals surface area contributed by atoms with Crippen molar-refractivity contribution in [2.24, 2.45) is 5.92 Å². The normalized spacial score (nSPS) is 14.0. The molecule has 0 fully saturated rings. The van der Waals surface area contributed by atoms with E-state index in [1.54, 1.807) is 0 Å². The summed E-state index contributed by atoms with van der Waals surface area (Å²) >= 11 is 0. The van der Waals surface area contributed by atoms with Crippen LogP contribution in [0.25, 0.3) is 0 Å². The van der Waals surface area contributed by atoms with E-state index >= 15 is 0 Å².